The Balaban J connectivity index is 0.000000400. The highest BCUT2D eigenvalue weighted by atomic mass is 31.1. The Morgan fingerprint density at radius 1 is 0.725 bits per heavy atom. The molecule has 40 heavy (non-hydrogen) atoms. The molecule has 0 saturated heterocycles. The van der Waals surface area contributed by atoms with Crippen LogP contribution in [0.3, 0.4) is 0 Å². The minimum absolute atomic E-state index is 0.213. The zero-order valence-corrected chi connectivity index (χ0v) is 27.4. The van der Waals surface area contributed by atoms with E-state index in [-0.39, 0.29) is 11.9 Å². The van der Waals surface area contributed by atoms with Gasteiger partial charge in [-0.25, -0.2) is 9.59 Å². The Bertz CT molecular complexity index is 1100. The van der Waals surface area contributed by atoms with Gasteiger partial charge in [0.2, 0.25) is 0 Å². The van der Waals surface area contributed by atoms with Crippen LogP contribution in [-0.4, -0.2) is 51.7 Å². The van der Waals surface area contributed by atoms with E-state index in [1.54, 1.807) is 14.2 Å². The lowest BCUT2D eigenvalue weighted by atomic mass is 9.97. The molecule has 0 bridgehead atoms. The summed E-state index contributed by atoms with van der Waals surface area (Å²) in [7, 11) is 4.57. The van der Waals surface area contributed by atoms with Crippen molar-refractivity contribution < 1.29 is 28.1 Å². The van der Waals surface area contributed by atoms with Crippen LogP contribution in [-0.2, 0) is 24.9 Å². The number of rotatable bonds is 13. The summed E-state index contributed by atoms with van der Waals surface area (Å²) in [5.41, 5.74) is 7.45. The van der Waals surface area contributed by atoms with Gasteiger partial charge in [-0.3, -0.25) is 0 Å². The molecule has 220 valence electrons. The van der Waals surface area contributed by atoms with Gasteiger partial charge in [-0.05, 0) is 107 Å². The lowest BCUT2D eigenvalue weighted by molar-refractivity contribution is 0.0515. The van der Waals surface area contributed by atoms with E-state index < -0.39 is 0 Å². The lowest BCUT2D eigenvalue weighted by Crippen LogP contribution is -2.09. The molecule has 6 nitrogen and oxygen atoms in total. The summed E-state index contributed by atoms with van der Waals surface area (Å²) in [6.45, 7) is 12.2. The Morgan fingerprint density at radius 3 is 1.68 bits per heavy atom. The van der Waals surface area contributed by atoms with Gasteiger partial charge in [-0.1, -0.05) is 24.0 Å². The van der Waals surface area contributed by atoms with Crippen molar-refractivity contribution in [2.75, 3.05) is 39.8 Å². The number of ether oxygens (including phenoxy) is 2. The largest absolute Gasteiger partial charge is 0.462 e. The van der Waals surface area contributed by atoms with Crippen LogP contribution in [0.25, 0.3) is 0 Å². The highest BCUT2D eigenvalue weighted by molar-refractivity contribution is 7.32. The van der Waals surface area contributed by atoms with Gasteiger partial charge in [0.15, 0.2) is 0 Å². The van der Waals surface area contributed by atoms with E-state index in [4.69, 9.17) is 18.5 Å². The molecule has 0 aliphatic carbocycles. The summed E-state index contributed by atoms with van der Waals surface area (Å²) >= 11 is 0. The average Bonchev–Trinajstić information content (AvgIpc) is 2.88. The monoisotopic (exact) mass is 588 g/mol. The second kappa shape index (κ2) is 20.6. The number of carbonyl (C=O) groups excluding carboxylic acids is 2. The van der Waals surface area contributed by atoms with Crippen LogP contribution < -0.4 is 0 Å². The smallest absolute Gasteiger partial charge is 0.338 e. The molecule has 0 heterocycles. The van der Waals surface area contributed by atoms with Gasteiger partial charge in [-0.2, -0.15) is 0 Å². The van der Waals surface area contributed by atoms with E-state index >= 15 is 0 Å². The molecule has 2 aromatic carbocycles. The molecule has 2 atom stereocenters. The van der Waals surface area contributed by atoms with E-state index in [2.05, 4.69) is 24.0 Å². The van der Waals surface area contributed by atoms with Gasteiger partial charge in [-0.15, -0.1) is 0 Å². The normalized spacial score (nSPS) is 10.8. The summed E-state index contributed by atoms with van der Waals surface area (Å²) in [4.78, 5) is 23.8. The number of esters is 2. The summed E-state index contributed by atoms with van der Waals surface area (Å²) in [6.07, 6.45) is 6.32. The van der Waals surface area contributed by atoms with E-state index in [1.807, 2.05) is 53.7 Å². The van der Waals surface area contributed by atoms with E-state index in [0.29, 0.717) is 36.4 Å². The van der Waals surface area contributed by atoms with Gasteiger partial charge in [0.1, 0.15) is 0 Å². The average molecular weight is 589 g/mol. The molecule has 0 aliphatic rings. The van der Waals surface area contributed by atoms with Crippen LogP contribution in [0.4, 0.5) is 0 Å². The molecule has 0 fully saturated rings. The summed E-state index contributed by atoms with van der Waals surface area (Å²) < 4.78 is 20.2. The number of carbonyl (C=O) groups is 2. The maximum atomic E-state index is 11.9. The van der Waals surface area contributed by atoms with E-state index in [9.17, 15) is 9.59 Å². The number of benzene rings is 2. The fourth-order valence-electron chi connectivity index (χ4n) is 4.29. The van der Waals surface area contributed by atoms with Crippen molar-refractivity contribution in [2.45, 2.75) is 67.2 Å². The van der Waals surface area contributed by atoms with Gasteiger partial charge in [0.25, 0.3) is 0 Å². The quantitative estimate of drug-likeness (QED) is 0.104. The predicted molar refractivity (Wildman–Crippen MR) is 169 cm³/mol. The van der Waals surface area contributed by atoms with Crippen LogP contribution in [0, 0.1) is 39.5 Å². The van der Waals surface area contributed by atoms with Crippen LogP contribution in [0.5, 0.6) is 0 Å². The molecule has 2 rings (SSSR count). The molecule has 2 aromatic rings. The maximum absolute atomic E-state index is 11.9. The van der Waals surface area contributed by atoms with Gasteiger partial charge in [0, 0.05) is 50.0 Å². The number of hydrogen-bond acceptors (Lipinski definition) is 6. The molecule has 0 saturated carbocycles. The Labute approximate surface area is 245 Å². The molecule has 0 radical (unpaired) electrons. The first-order chi connectivity index (χ1) is 19.2. The van der Waals surface area contributed by atoms with Crippen LogP contribution in [0.2, 0.25) is 0 Å². The number of hydrogen-bond donors (Lipinski definition) is 0. The highest BCUT2D eigenvalue weighted by Crippen LogP contribution is 2.21. The minimum atomic E-state index is -0.261. The molecule has 2 unspecified atom stereocenters. The third kappa shape index (κ3) is 12.9. The first kappa shape index (κ1) is 35.7. The zero-order chi connectivity index (χ0) is 29.9. The lowest BCUT2D eigenvalue weighted by Gasteiger charge is -2.11. The molecule has 0 aromatic heterocycles. The van der Waals surface area contributed by atoms with Gasteiger partial charge in [0.05, 0.1) is 24.3 Å². The third-order valence-corrected chi connectivity index (χ3v) is 7.54. The zero-order valence-electron chi connectivity index (χ0n) is 25.4. The van der Waals surface area contributed by atoms with Crippen LogP contribution in [0.15, 0.2) is 24.3 Å². The van der Waals surface area contributed by atoms with Gasteiger partial charge < -0.3 is 18.5 Å². The molecule has 0 spiro atoms. The van der Waals surface area contributed by atoms with Crippen LogP contribution in [0.1, 0.15) is 87.2 Å². The van der Waals surface area contributed by atoms with Gasteiger partial charge >= 0.3 is 11.9 Å². The second-order valence-corrected chi connectivity index (χ2v) is 11.6. The maximum Gasteiger partial charge on any atom is 0.338 e. The Morgan fingerprint density at radius 2 is 1.20 bits per heavy atom. The minimum Gasteiger partial charge on any atom is -0.462 e. The summed E-state index contributed by atoms with van der Waals surface area (Å²) in [5.74, 6) is 5.78. The first-order valence-electron chi connectivity index (χ1n) is 13.8. The summed E-state index contributed by atoms with van der Waals surface area (Å²) in [6, 6.07) is 8.09. The number of aryl methyl sites for hydroxylation is 5. The molecule has 8 heteroatoms. The second-order valence-electron chi connectivity index (χ2n) is 9.24. The topological polar surface area (TPSA) is 71.1 Å². The SMILES string of the molecule is CCOC(=O)c1c(C)cc(C#CCCPOC)cc1C.CCOC(=O)c1c(C)cc(CCCCPOC)cc1C. The van der Waals surface area contributed by atoms with Crippen molar-refractivity contribution in [3.05, 3.63) is 68.8 Å². The predicted octanol–water partition coefficient (Wildman–Crippen LogP) is 7.50. The molecule has 0 aliphatic heterocycles. The van der Waals surface area contributed by atoms with Crippen molar-refractivity contribution in [1.82, 2.24) is 0 Å². The summed E-state index contributed by atoms with van der Waals surface area (Å²) in [5, 5.41) is 0. The van der Waals surface area contributed by atoms with E-state index in [0.717, 1.165) is 65.0 Å². The molecule has 0 N–H and O–H groups in total. The molecule has 0 amide bonds. The highest BCUT2D eigenvalue weighted by Gasteiger charge is 2.15. The molecular weight excluding hydrogens is 542 g/mol. The van der Waals surface area contributed by atoms with Crippen LogP contribution >= 0.6 is 17.6 Å². The Hall–Kier alpha value is -2.28. The van der Waals surface area contributed by atoms with Crippen molar-refractivity contribution >= 4 is 29.6 Å². The van der Waals surface area contributed by atoms with E-state index in [1.165, 1.54) is 12.0 Å². The fraction of sp³-hybridized carbons (Fsp3) is 0.500. The number of unbranched alkanes of at least 4 members (excludes halogenated alkanes) is 1. The van der Waals surface area contributed by atoms with Crippen molar-refractivity contribution in [3.8, 4) is 11.8 Å². The first-order valence-corrected chi connectivity index (χ1v) is 16.0. The van der Waals surface area contributed by atoms with Crippen molar-refractivity contribution in [1.29, 1.82) is 0 Å². The van der Waals surface area contributed by atoms with Crippen molar-refractivity contribution in [2.24, 2.45) is 0 Å². The Kier molecular flexibility index (Phi) is 18.4. The van der Waals surface area contributed by atoms with Crippen molar-refractivity contribution in [3.63, 3.8) is 0 Å². The third-order valence-electron chi connectivity index (χ3n) is 5.95. The fourth-order valence-corrected chi connectivity index (χ4v) is 5.32. The molecular formula is C32H46O6P2. The standard InChI is InChI=1S/C16H25O3P.C16H21O3P/c2*1-5-19-16(17)15-12(2)10-14(11-13(15)3)8-6-7-9-20-18-4/h10-11,20H,5-9H2,1-4H3;10-11,20H,5,7,9H2,1-4H3.